The highest BCUT2D eigenvalue weighted by molar-refractivity contribution is 7.74. The van der Waals surface area contributed by atoms with E-state index in [0.717, 1.165) is 11.1 Å². The first-order chi connectivity index (χ1) is 6.50. The van der Waals surface area contributed by atoms with Crippen molar-refractivity contribution in [3.8, 4) is 5.75 Å². The Hall–Kier alpha value is -0.870. The molecule has 0 saturated carbocycles. The maximum Gasteiger partial charge on any atom is 0.357 e. The van der Waals surface area contributed by atoms with Crippen LogP contribution in [0.25, 0.3) is 0 Å². The molecule has 1 aromatic carbocycles. The van der Waals surface area contributed by atoms with Gasteiger partial charge in [-0.1, -0.05) is 26.0 Å². The number of hydrogen-bond donors (Lipinski definition) is 1. The highest BCUT2D eigenvalue weighted by Gasteiger charge is 2.09. The summed E-state index contributed by atoms with van der Waals surface area (Å²) in [5.41, 5.74) is 1.95. The molecule has 14 heavy (non-hydrogen) atoms. The highest BCUT2D eigenvalue weighted by Crippen LogP contribution is 2.27. The molecule has 1 N–H and O–H groups in total. The van der Waals surface area contributed by atoms with Crippen LogP contribution in [-0.2, 0) is 11.4 Å². The molecule has 1 rings (SSSR count). The van der Waals surface area contributed by atoms with Crippen LogP contribution < -0.4 is 4.18 Å². The summed E-state index contributed by atoms with van der Waals surface area (Å²) in [6.45, 7) is 5.94. The van der Waals surface area contributed by atoms with Gasteiger partial charge in [0.2, 0.25) is 0 Å². The standard InChI is InChI=1S/C10H14O3S/c1-7(2)9-5-4-8(3)6-10(9)13-14(11)12/h4-7H,1-3H3,(H,11,12). The van der Waals surface area contributed by atoms with Crippen molar-refractivity contribution in [2.45, 2.75) is 26.7 Å². The average Bonchev–Trinajstić information content (AvgIpc) is 2.01. The Bertz CT molecular complexity index is 347. The lowest BCUT2D eigenvalue weighted by Crippen LogP contribution is -2.02. The van der Waals surface area contributed by atoms with Crippen molar-refractivity contribution in [3.63, 3.8) is 0 Å². The molecule has 0 fully saturated rings. The third-order valence-electron chi connectivity index (χ3n) is 1.95. The van der Waals surface area contributed by atoms with Gasteiger partial charge in [-0.25, -0.2) is 0 Å². The van der Waals surface area contributed by atoms with Crippen LogP contribution in [0.3, 0.4) is 0 Å². The minimum atomic E-state index is -2.25. The topological polar surface area (TPSA) is 46.5 Å². The van der Waals surface area contributed by atoms with Crippen molar-refractivity contribution >= 4 is 11.4 Å². The van der Waals surface area contributed by atoms with Crippen molar-refractivity contribution in [3.05, 3.63) is 29.3 Å². The van der Waals surface area contributed by atoms with Crippen LogP contribution in [0.4, 0.5) is 0 Å². The van der Waals surface area contributed by atoms with E-state index in [2.05, 4.69) is 0 Å². The third kappa shape index (κ3) is 2.82. The van der Waals surface area contributed by atoms with Crippen LogP contribution in [0, 0.1) is 6.92 Å². The summed E-state index contributed by atoms with van der Waals surface area (Å²) < 4.78 is 24.0. The summed E-state index contributed by atoms with van der Waals surface area (Å²) in [6.07, 6.45) is 0. The third-order valence-corrected chi connectivity index (χ3v) is 2.27. The van der Waals surface area contributed by atoms with Gasteiger partial charge in [-0.15, -0.1) is 0 Å². The molecule has 3 nitrogen and oxygen atoms in total. The van der Waals surface area contributed by atoms with Gasteiger partial charge < -0.3 is 4.18 Å². The molecule has 1 aromatic rings. The normalized spacial score (nSPS) is 12.9. The molecule has 0 aliphatic heterocycles. The van der Waals surface area contributed by atoms with Gasteiger partial charge >= 0.3 is 11.4 Å². The van der Waals surface area contributed by atoms with Gasteiger partial charge in [0.25, 0.3) is 0 Å². The number of rotatable bonds is 3. The molecule has 0 aliphatic carbocycles. The lowest BCUT2D eigenvalue weighted by atomic mass is 10.0. The van der Waals surface area contributed by atoms with E-state index in [4.69, 9.17) is 8.74 Å². The van der Waals surface area contributed by atoms with Crippen molar-refractivity contribution in [1.29, 1.82) is 0 Å². The molecule has 1 atom stereocenters. The van der Waals surface area contributed by atoms with Crippen molar-refractivity contribution in [2.75, 3.05) is 0 Å². The number of benzene rings is 1. The van der Waals surface area contributed by atoms with Crippen LogP contribution in [0.1, 0.15) is 30.9 Å². The lowest BCUT2D eigenvalue weighted by molar-refractivity contribution is 0.454. The Morgan fingerprint density at radius 1 is 1.43 bits per heavy atom. The van der Waals surface area contributed by atoms with Crippen LogP contribution in [0.5, 0.6) is 5.75 Å². The molecule has 0 bridgehead atoms. The zero-order chi connectivity index (χ0) is 10.7. The van der Waals surface area contributed by atoms with Crippen molar-refractivity contribution < 1.29 is 12.9 Å². The molecule has 78 valence electrons. The molecule has 0 aromatic heterocycles. The molecule has 1 unspecified atom stereocenters. The number of hydrogen-bond acceptors (Lipinski definition) is 2. The largest absolute Gasteiger partial charge is 0.380 e. The zero-order valence-corrected chi connectivity index (χ0v) is 9.30. The van der Waals surface area contributed by atoms with Gasteiger partial charge in [-0.05, 0) is 30.0 Å². The second kappa shape index (κ2) is 4.57. The van der Waals surface area contributed by atoms with Crippen LogP contribution >= 0.6 is 0 Å². The monoisotopic (exact) mass is 214 g/mol. The fraction of sp³-hybridized carbons (Fsp3) is 0.400. The van der Waals surface area contributed by atoms with E-state index in [1.54, 1.807) is 6.07 Å². The van der Waals surface area contributed by atoms with Gasteiger partial charge in [-0.3, -0.25) is 4.55 Å². The van der Waals surface area contributed by atoms with Gasteiger partial charge in [0, 0.05) is 0 Å². The quantitative estimate of drug-likeness (QED) is 0.787. The molecule has 0 spiro atoms. The van der Waals surface area contributed by atoms with E-state index in [-0.39, 0.29) is 5.92 Å². The molecule has 0 heterocycles. The average molecular weight is 214 g/mol. The van der Waals surface area contributed by atoms with E-state index in [0.29, 0.717) is 5.75 Å². The van der Waals surface area contributed by atoms with Gasteiger partial charge in [-0.2, -0.15) is 4.21 Å². The Morgan fingerprint density at radius 2 is 2.07 bits per heavy atom. The Kier molecular flexibility index (Phi) is 3.66. The van der Waals surface area contributed by atoms with E-state index in [9.17, 15) is 4.21 Å². The summed E-state index contributed by atoms with van der Waals surface area (Å²) in [5.74, 6) is 0.759. The van der Waals surface area contributed by atoms with Crippen LogP contribution in [0.2, 0.25) is 0 Å². The second-order valence-corrected chi connectivity index (χ2v) is 4.10. The maximum atomic E-state index is 10.5. The number of aryl methyl sites for hydroxylation is 1. The fourth-order valence-corrected chi connectivity index (χ4v) is 1.57. The Labute approximate surface area is 86.6 Å². The summed E-state index contributed by atoms with van der Waals surface area (Å²) >= 11 is -2.25. The molecule has 0 radical (unpaired) electrons. The van der Waals surface area contributed by atoms with Gasteiger partial charge in [0.05, 0.1) is 0 Å². The van der Waals surface area contributed by atoms with Crippen molar-refractivity contribution in [2.24, 2.45) is 0 Å². The first-order valence-corrected chi connectivity index (χ1v) is 5.43. The van der Waals surface area contributed by atoms with E-state index < -0.39 is 11.4 Å². The summed E-state index contributed by atoms with van der Waals surface area (Å²) in [4.78, 5) is 0. The van der Waals surface area contributed by atoms with Crippen LogP contribution in [-0.4, -0.2) is 8.76 Å². The predicted octanol–water partition coefficient (Wildman–Crippen LogP) is 2.63. The first kappa shape index (κ1) is 11.2. The minimum absolute atomic E-state index is 0.272. The second-order valence-electron chi connectivity index (χ2n) is 3.50. The molecule has 0 aliphatic rings. The van der Waals surface area contributed by atoms with E-state index in [1.165, 1.54) is 0 Å². The first-order valence-electron chi connectivity index (χ1n) is 4.40. The van der Waals surface area contributed by atoms with Crippen LogP contribution in [0.15, 0.2) is 18.2 Å². The van der Waals surface area contributed by atoms with Gasteiger partial charge in [0.1, 0.15) is 5.75 Å². The van der Waals surface area contributed by atoms with Crippen molar-refractivity contribution in [1.82, 2.24) is 0 Å². The van der Waals surface area contributed by atoms with Gasteiger partial charge in [0.15, 0.2) is 0 Å². The predicted molar refractivity (Wildman–Crippen MR) is 56.7 cm³/mol. The molecular weight excluding hydrogens is 200 g/mol. The summed E-state index contributed by atoms with van der Waals surface area (Å²) in [6, 6.07) is 5.65. The summed E-state index contributed by atoms with van der Waals surface area (Å²) in [7, 11) is 0. The van der Waals surface area contributed by atoms with E-state index in [1.807, 2.05) is 32.9 Å². The SMILES string of the molecule is Cc1ccc(C(C)C)c(OS(=O)O)c1. The molecule has 4 heteroatoms. The smallest absolute Gasteiger partial charge is 0.357 e. The summed E-state index contributed by atoms with van der Waals surface area (Å²) in [5, 5.41) is 0. The Balaban J connectivity index is 3.09. The highest BCUT2D eigenvalue weighted by atomic mass is 32.2. The molecule has 0 amide bonds. The molecular formula is C10H14O3S. The Morgan fingerprint density at radius 3 is 2.57 bits per heavy atom. The maximum absolute atomic E-state index is 10.5. The molecule has 0 saturated heterocycles. The van der Waals surface area contributed by atoms with E-state index >= 15 is 0 Å². The lowest BCUT2D eigenvalue weighted by Gasteiger charge is -2.11. The minimum Gasteiger partial charge on any atom is -0.380 e. The zero-order valence-electron chi connectivity index (χ0n) is 8.48. The fourth-order valence-electron chi connectivity index (χ4n) is 1.27.